The van der Waals surface area contributed by atoms with Gasteiger partial charge in [-0.1, -0.05) is 206 Å². The summed E-state index contributed by atoms with van der Waals surface area (Å²) < 4.78 is 0. The molecular formula is C73H78N4O3. The minimum Gasteiger partial charge on any atom is -0.508 e. The average molecular weight is 1060 g/mol. The summed E-state index contributed by atoms with van der Waals surface area (Å²) in [5, 5.41) is 34.9. The summed E-state index contributed by atoms with van der Waals surface area (Å²) in [6, 6.07) is 67.7. The lowest BCUT2D eigenvalue weighted by Gasteiger charge is -2.32. The third kappa shape index (κ3) is 9.81. The average Bonchev–Trinajstić information content (AvgIpc) is 4.05. The SMILES string of the molecule is CCN(C)CCN.Cc1cc(CN(CCN(C)C)Cc2cccc(C3(C)c4ccccc4-c4ccccc43)c2O)c(O)c(C2(C)c3ccccc3-c3ccccc32)c1.Cc1ccc(O)c(C2(C)c3ccccc3-c3ccccc32)c1. The van der Waals surface area contributed by atoms with Gasteiger partial charge in [-0.3, -0.25) is 4.90 Å². The monoisotopic (exact) mass is 1060 g/mol. The number of likely N-dealkylation sites (N-methyl/N-ethyl adjacent to an activating group) is 2. The van der Waals surface area contributed by atoms with Gasteiger partial charge in [-0.2, -0.15) is 0 Å². The fourth-order valence-corrected chi connectivity index (χ4v) is 13.2. The number of nitrogens with zero attached hydrogens (tertiary/aromatic N) is 3. The molecule has 0 saturated carbocycles. The van der Waals surface area contributed by atoms with Crippen LogP contribution in [0, 0.1) is 13.8 Å². The van der Waals surface area contributed by atoms with Crippen LogP contribution in [0.5, 0.6) is 17.2 Å². The molecular weight excluding hydrogens is 981 g/mol. The Morgan fingerprint density at radius 3 is 1.18 bits per heavy atom. The number of phenolic OH excluding ortho intramolecular Hbond substituents is 3. The molecule has 0 aromatic heterocycles. The van der Waals surface area contributed by atoms with E-state index in [4.69, 9.17) is 5.73 Å². The van der Waals surface area contributed by atoms with Crippen molar-refractivity contribution in [3.05, 3.63) is 266 Å². The summed E-state index contributed by atoms with van der Waals surface area (Å²) in [4.78, 5) is 6.72. The molecule has 0 fully saturated rings. The molecule has 9 aromatic rings. The molecule has 7 heteroatoms. The zero-order chi connectivity index (χ0) is 56.5. The van der Waals surface area contributed by atoms with E-state index in [0.29, 0.717) is 30.3 Å². The van der Waals surface area contributed by atoms with E-state index >= 15 is 0 Å². The van der Waals surface area contributed by atoms with E-state index in [1.165, 1.54) is 66.8 Å². The molecule has 80 heavy (non-hydrogen) atoms. The summed E-state index contributed by atoms with van der Waals surface area (Å²) in [6.07, 6.45) is 0. The molecule has 7 nitrogen and oxygen atoms in total. The van der Waals surface area contributed by atoms with E-state index in [-0.39, 0.29) is 5.41 Å². The van der Waals surface area contributed by atoms with Gasteiger partial charge in [-0.05, 0) is 135 Å². The second kappa shape index (κ2) is 22.8. The molecule has 0 heterocycles. The van der Waals surface area contributed by atoms with Crippen LogP contribution in [0.2, 0.25) is 0 Å². The van der Waals surface area contributed by atoms with E-state index in [2.05, 4.69) is 253 Å². The van der Waals surface area contributed by atoms with Crippen LogP contribution >= 0.6 is 0 Å². The standard InChI is InChI=1S/C47H46N2O2.C21H18O.C5H14N2/c1-31-27-33(45(51)43(28-31)47(3)40-22-12-8-18-36(40)37-19-9-13-23-41(37)47)30-49(26-25-48(4)5)29-32-15-14-24-42(44(32)50)46(2)38-20-10-6-16-34(38)35-17-7-11-21-39(35)46;1-14-11-12-20(22)19(13-14)21(2)17-9-5-3-7-15(17)16-8-4-6-10-18(16)21;1-3-7(2)5-4-6/h6-24,27-28,50-51H,25-26,29-30H2,1-5H3;3-13,22H,1-2H3;3-6H2,1-2H3. The third-order valence-corrected chi connectivity index (χ3v) is 17.6. The lowest BCUT2D eigenvalue weighted by molar-refractivity contribution is 0.221. The maximum Gasteiger partial charge on any atom is 0.124 e. The fraction of sp³-hybridized carbons (Fsp3) is 0.260. The summed E-state index contributed by atoms with van der Waals surface area (Å²) in [6.45, 7) is 18.6. The van der Waals surface area contributed by atoms with E-state index in [1.54, 1.807) is 6.07 Å². The van der Waals surface area contributed by atoms with Crippen LogP contribution < -0.4 is 5.73 Å². The summed E-state index contributed by atoms with van der Waals surface area (Å²) in [5.41, 5.74) is 25.6. The minimum atomic E-state index is -0.498. The Balaban J connectivity index is 0.000000203. The van der Waals surface area contributed by atoms with Gasteiger partial charge in [0.2, 0.25) is 0 Å². The number of rotatable bonds is 13. The molecule has 408 valence electrons. The number of aromatic hydroxyl groups is 3. The van der Waals surface area contributed by atoms with Gasteiger partial charge in [-0.15, -0.1) is 0 Å². The molecule has 0 amide bonds. The number of hydrogen-bond donors (Lipinski definition) is 4. The van der Waals surface area contributed by atoms with Crippen LogP contribution in [-0.4, -0.2) is 83.9 Å². The highest BCUT2D eigenvalue weighted by atomic mass is 16.3. The van der Waals surface area contributed by atoms with Gasteiger partial charge in [0.15, 0.2) is 0 Å². The second-order valence-corrected chi connectivity index (χ2v) is 23.0. The quantitative estimate of drug-likeness (QED) is 0.0913. The molecule has 5 N–H and O–H groups in total. The first-order valence-electron chi connectivity index (χ1n) is 28.3. The Kier molecular flexibility index (Phi) is 15.8. The molecule has 3 aliphatic rings. The molecule has 3 aliphatic carbocycles. The number of nitrogens with two attached hydrogens (primary N) is 1. The number of benzene rings is 9. The maximum absolute atomic E-state index is 12.3. The van der Waals surface area contributed by atoms with Crippen molar-refractivity contribution in [3.8, 4) is 50.6 Å². The van der Waals surface area contributed by atoms with Crippen molar-refractivity contribution in [2.45, 2.75) is 70.9 Å². The van der Waals surface area contributed by atoms with E-state index in [9.17, 15) is 15.3 Å². The number of aryl methyl sites for hydroxylation is 2. The molecule has 12 rings (SSSR count). The highest BCUT2D eigenvalue weighted by Crippen LogP contribution is 2.57. The fourth-order valence-electron chi connectivity index (χ4n) is 13.2. The van der Waals surface area contributed by atoms with Crippen molar-refractivity contribution in [1.29, 1.82) is 0 Å². The smallest absolute Gasteiger partial charge is 0.124 e. The lowest BCUT2D eigenvalue weighted by Crippen LogP contribution is -2.32. The van der Waals surface area contributed by atoms with Gasteiger partial charge < -0.3 is 30.9 Å². The van der Waals surface area contributed by atoms with E-state index in [0.717, 1.165) is 71.7 Å². The molecule has 0 atom stereocenters. The van der Waals surface area contributed by atoms with Gasteiger partial charge >= 0.3 is 0 Å². The molecule has 9 aromatic carbocycles. The Morgan fingerprint density at radius 1 is 0.388 bits per heavy atom. The Morgan fingerprint density at radius 2 is 0.762 bits per heavy atom. The number of phenols is 3. The van der Waals surface area contributed by atoms with Gasteiger partial charge in [0, 0.05) is 83.3 Å². The third-order valence-electron chi connectivity index (χ3n) is 17.6. The van der Waals surface area contributed by atoms with Gasteiger partial charge in [0.1, 0.15) is 17.2 Å². The number of para-hydroxylation sites is 1. The predicted molar refractivity (Wildman–Crippen MR) is 331 cm³/mol. The topological polar surface area (TPSA) is 96.4 Å². The molecule has 0 radical (unpaired) electrons. The maximum atomic E-state index is 12.3. The van der Waals surface area contributed by atoms with Crippen molar-refractivity contribution in [3.63, 3.8) is 0 Å². The van der Waals surface area contributed by atoms with Crippen LogP contribution in [0.3, 0.4) is 0 Å². The molecule has 0 aliphatic heterocycles. The van der Waals surface area contributed by atoms with Gasteiger partial charge in [-0.25, -0.2) is 0 Å². The predicted octanol–water partition coefficient (Wildman–Crippen LogP) is 14.6. The molecule has 0 saturated heterocycles. The van der Waals surface area contributed by atoms with Crippen molar-refractivity contribution in [2.24, 2.45) is 5.73 Å². The first-order chi connectivity index (χ1) is 38.5. The summed E-state index contributed by atoms with van der Waals surface area (Å²) in [5.74, 6) is 1.04. The van der Waals surface area contributed by atoms with Crippen LogP contribution in [-0.2, 0) is 29.3 Å². The van der Waals surface area contributed by atoms with Gasteiger partial charge in [0.25, 0.3) is 0 Å². The van der Waals surface area contributed by atoms with Crippen LogP contribution in [0.1, 0.15) is 100 Å². The van der Waals surface area contributed by atoms with E-state index < -0.39 is 10.8 Å². The normalized spacial score (nSPS) is 14.3. The lowest BCUT2D eigenvalue weighted by atomic mass is 9.73. The molecule has 0 unspecified atom stereocenters. The van der Waals surface area contributed by atoms with Crippen LogP contribution in [0.25, 0.3) is 33.4 Å². The highest BCUT2D eigenvalue weighted by Gasteiger charge is 2.45. The Hall–Kier alpha value is -7.78. The molecule has 0 spiro atoms. The zero-order valence-corrected chi connectivity index (χ0v) is 48.2. The number of fused-ring (bicyclic) bond motifs is 9. The second-order valence-electron chi connectivity index (χ2n) is 23.0. The molecule has 0 bridgehead atoms. The van der Waals surface area contributed by atoms with E-state index in [1.807, 2.05) is 12.1 Å². The number of hydrogen-bond acceptors (Lipinski definition) is 7. The highest BCUT2D eigenvalue weighted by molar-refractivity contribution is 5.86. The van der Waals surface area contributed by atoms with Gasteiger partial charge in [0.05, 0.1) is 0 Å². The Bertz CT molecular complexity index is 3570. The van der Waals surface area contributed by atoms with Crippen molar-refractivity contribution in [1.82, 2.24) is 14.7 Å². The minimum absolute atomic E-state index is 0.316. The summed E-state index contributed by atoms with van der Waals surface area (Å²) >= 11 is 0. The zero-order valence-electron chi connectivity index (χ0n) is 48.2. The largest absolute Gasteiger partial charge is 0.508 e. The van der Waals surface area contributed by atoms with Crippen molar-refractivity contribution in [2.75, 3.05) is 53.9 Å². The van der Waals surface area contributed by atoms with Crippen molar-refractivity contribution < 1.29 is 15.3 Å². The van der Waals surface area contributed by atoms with Crippen molar-refractivity contribution >= 4 is 0 Å². The summed E-state index contributed by atoms with van der Waals surface area (Å²) in [7, 11) is 6.24. The van der Waals surface area contributed by atoms with Crippen LogP contribution in [0.4, 0.5) is 0 Å². The first-order valence-corrected chi connectivity index (χ1v) is 28.3. The first kappa shape index (κ1) is 55.5. The Labute approximate surface area is 475 Å². The van der Waals surface area contributed by atoms with Crippen LogP contribution in [0.15, 0.2) is 194 Å².